The smallest absolute Gasteiger partial charge is 0.147 e. The van der Waals surface area contributed by atoms with Crippen LogP contribution in [0.15, 0.2) is 18.2 Å². The first-order chi connectivity index (χ1) is 7.98. The van der Waals surface area contributed by atoms with Crippen molar-refractivity contribution in [2.75, 3.05) is 24.5 Å². The topological polar surface area (TPSA) is 15.3 Å². The highest BCUT2D eigenvalue weighted by molar-refractivity contribution is 6.30. The fourth-order valence-corrected chi connectivity index (χ4v) is 2.41. The van der Waals surface area contributed by atoms with E-state index in [0.717, 1.165) is 26.1 Å². The molecule has 0 saturated carbocycles. The van der Waals surface area contributed by atoms with Gasteiger partial charge in [0.2, 0.25) is 0 Å². The molecule has 1 heterocycles. The van der Waals surface area contributed by atoms with Crippen LogP contribution in [0.25, 0.3) is 0 Å². The summed E-state index contributed by atoms with van der Waals surface area (Å²) in [6.07, 6.45) is 1.02. The van der Waals surface area contributed by atoms with Gasteiger partial charge >= 0.3 is 0 Å². The summed E-state index contributed by atoms with van der Waals surface area (Å²) in [5.74, 6) is -0.241. The van der Waals surface area contributed by atoms with Crippen molar-refractivity contribution in [3.63, 3.8) is 0 Å². The van der Waals surface area contributed by atoms with E-state index in [1.54, 1.807) is 12.1 Å². The van der Waals surface area contributed by atoms with E-state index in [0.29, 0.717) is 10.7 Å². The van der Waals surface area contributed by atoms with Crippen molar-refractivity contribution in [3.05, 3.63) is 29.0 Å². The number of hydrogen-bond donors (Lipinski definition) is 1. The predicted molar refractivity (Wildman–Crippen MR) is 70.3 cm³/mol. The van der Waals surface area contributed by atoms with Gasteiger partial charge in [0.25, 0.3) is 0 Å². The number of nitrogens with one attached hydrogen (secondary N) is 1. The maximum atomic E-state index is 13.9. The minimum Gasteiger partial charge on any atom is -0.367 e. The first-order valence-corrected chi connectivity index (χ1v) is 6.31. The number of hydrogen-bond acceptors (Lipinski definition) is 2. The minimum atomic E-state index is -0.241. The Kier molecular flexibility index (Phi) is 3.59. The Balaban J connectivity index is 2.25. The van der Waals surface area contributed by atoms with Crippen LogP contribution in [0.4, 0.5) is 10.1 Å². The molecule has 0 spiro atoms. The lowest BCUT2D eigenvalue weighted by molar-refractivity contribution is 0.415. The van der Waals surface area contributed by atoms with E-state index in [1.165, 1.54) is 6.07 Å². The van der Waals surface area contributed by atoms with Gasteiger partial charge in [-0.25, -0.2) is 4.39 Å². The van der Waals surface area contributed by atoms with Gasteiger partial charge in [-0.3, -0.25) is 0 Å². The average Bonchev–Trinajstić information content (AvgIpc) is 2.39. The average molecular weight is 257 g/mol. The molecule has 2 rings (SSSR count). The van der Waals surface area contributed by atoms with Crippen LogP contribution in [-0.4, -0.2) is 25.2 Å². The van der Waals surface area contributed by atoms with Crippen LogP contribution in [0, 0.1) is 5.82 Å². The molecule has 1 saturated heterocycles. The SMILES string of the molecule is CC1(C)CN(c2ccc(Cl)cc2F)CCCN1. The summed E-state index contributed by atoms with van der Waals surface area (Å²) in [7, 11) is 0. The fourth-order valence-electron chi connectivity index (χ4n) is 2.25. The lowest BCUT2D eigenvalue weighted by atomic mass is 10.1. The molecule has 0 aromatic heterocycles. The summed E-state index contributed by atoms with van der Waals surface area (Å²) in [4.78, 5) is 2.09. The Morgan fingerprint density at radius 1 is 1.41 bits per heavy atom. The monoisotopic (exact) mass is 256 g/mol. The van der Waals surface area contributed by atoms with Crippen molar-refractivity contribution >= 4 is 17.3 Å². The van der Waals surface area contributed by atoms with Crippen LogP contribution in [0.2, 0.25) is 5.02 Å². The summed E-state index contributed by atoms with van der Waals surface area (Å²) in [6.45, 7) is 6.91. The molecule has 1 aliphatic heterocycles. The van der Waals surface area contributed by atoms with Gasteiger partial charge in [0.05, 0.1) is 5.69 Å². The first kappa shape index (κ1) is 12.7. The van der Waals surface area contributed by atoms with Crippen LogP contribution >= 0.6 is 11.6 Å². The highest BCUT2D eigenvalue weighted by atomic mass is 35.5. The number of halogens is 2. The van der Waals surface area contributed by atoms with Crippen LogP contribution in [0.1, 0.15) is 20.3 Å². The number of benzene rings is 1. The van der Waals surface area contributed by atoms with Gasteiger partial charge in [0.15, 0.2) is 0 Å². The molecule has 0 bridgehead atoms. The van der Waals surface area contributed by atoms with Crippen molar-refractivity contribution in [1.29, 1.82) is 0 Å². The largest absolute Gasteiger partial charge is 0.367 e. The molecule has 94 valence electrons. The Bertz CT molecular complexity index is 406. The van der Waals surface area contributed by atoms with Crippen molar-refractivity contribution in [2.45, 2.75) is 25.8 Å². The van der Waals surface area contributed by atoms with E-state index in [2.05, 4.69) is 24.1 Å². The Hall–Kier alpha value is -0.800. The van der Waals surface area contributed by atoms with E-state index >= 15 is 0 Å². The summed E-state index contributed by atoms with van der Waals surface area (Å²) < 4.78 is 13.9. The molecule has 0 atom stereocenters. The third-order valence-electron chi connectivity index (χ3n) is 3.04. The van der Waals surface area contributed by atoms with E-state index < -0.39 is 0 Å². The van der Waals surface area contributed by atoms with Crippen molar-refractivity contribution in [2.24, 2.45) is 0 Å². The second-order valence-electron chi connectivity index (χ2n) is 5.18. The normalized spacial score (nSPS) is 20.1. The van der Waals surface area contributed by atoms with Gasteiger partial charge in [-0.05, 0) is 45.0 Å². The van der Waals surface area contributed by atoms with Gasteiger partial charge in [0, 0.05) is 23.7 Å². The van der Waals surface area contributed by atoms with Gasteiger partial charge in [-0.2, -0.15) is 0 Å². The second kappa shape index (κ2) is 4.83. The quantitative estimate of drug-likeness (QED) is 0.831. The molecule has 1 aromatic carbocycles. The molecular weight excluding hydrogens is 239 g/mol. The molecule has 4 heteroatoms. The lowest BCUT2D eigenvalue weighted by Crippen LogP contribution is -2.46. The summed E-state index contributed by atoms with van der Waals surface area (Å²) in [5, 5.41) is 3.90. The molecule has 1 fully saturated rings. The molecule has 1 aromatic rings. The maximum absolute atomic E-state index is 13.9. The zero-order chi connectivity index (χ0) is 12.5. The van der Waals surface area contributed by atoms with E-state index in [4.69, 9.17) is 11.6 Å². The molecule has 2 nitrogen and oxygen atoms in total. The van der Waals surface area contributed by atoms with Crippen LogP contribution in [0.5, 0.6) is 0 Å². The highest BCUT2D eigenvalue weighted by Crippen LogP contribution is 2.25. The Morgan fingerprint density at radius 2 is 2.18 bits per heavy atom. The predicted octanol–water partition coefficient (Wildman–Crippen LogP) is 3.06. The van der Waals surface area contributed by atoms with Crippen LogP contribution in [0.3, 0.4) is 0 Å². The van der Waals surface area contributed by atoms with Crippen LogP contribution in [-0.2, 0) is 0 Å². The van der Waals surface area contributed by atoms with Crippen LogP contribution < -0.4 is 10.2 Å². The number of nitrogens with zero attached hydrogens (tertiary/aromatic N) is 1. The molecule has 0 unspecified atom stereocenters. The number of anilines is 1. The number of rotatable bonds is 1. The van der Waals surface area contributed by atoms with E-state index in [1.807, 2.05) is 0 Å². The van der Waals surface area contributed by atoms with Gasteiger partial charge in [-0.15, -0.1) is 0 Å². The zero-order valence-corrected chi connectivity index (χ0v) is 11.0. The van der Waals surface area contributed by atoms with Crippen molar-refractivity contribution in [1.82, 2.24) is 5.32 Å². The van der Waals surface area contributed by atoms with Gasteiger partial charge < -0.3 is 10.2 Å². The van der Waals surface area contributed by atoms with Gasteiger partial charge in [0.1, 0.15) is 5.82 Å². The Morgan fingerprint density at radius 3 is 2.88 bits per heavy atom. The zero-order valence-electron chi connectivity index (χ0n) is 10.3. The molecule has 17 heavy (non-hydrogen) atoms. The summed E-state index contributed by atoms with van der Waals surface area (Å²) in [6, 6.07) is 4.88. The summed E-state index contributed by atoms with van der Waals surface area (Å²) in [5.41, 5.74) is 0.647. The third-order valence-corrected chi connectivity index (χ3v) is 3.28. The van der Waals surface area contributed by atoms with Gasteiger partial charge in [-0.1, -0.05) is 11.6 Å². The second-order valence-corrected chi connectivity index (χ2v) is 5.62. The van der Waals surface area contributed by atoms with Crippen molar-refractivity contribution in [3.8, 4) is 0 Å². The molecular formula is C13H18ClFN2. The Labute approximate surface area is 107 Å². The molecule has 0 amide bonds. The van der Waals surface area contributed by atoms with Crippen molar-refractivity contribution < 1.29 is 4.39 Å². The minimum absolute atomic E-state index is 0.00256. The molecule has 1 aliphatic rings. The molecule has 0 radical (unpaired) electrons. The first-order valence-electron chi connectivity index (χ1n) is 5.93. The maximum Gasteiger partial charge on any atom is 0.147 e. The van der Waals surface area contributed by atoms with E-state index in [-0.39, 0.29) is 11.4 Å². The molecule has 1 N–H and O–H groups in total. The summed E-state index contributed by atoms with van der Waals surface area (Å²) >= 11 is 5.77. The standard InChI is InChI=1S/C13H18ClFN2/c1-13(2)9-17(7-3-6-16-13)12-5-4-10(14)8-11(12)15/h4-5,8,16H,3,6-7,9H2,1-2H3. The third kappa shape index (κ3) is 3.11. The molecule has 0 aliphatic carbocycles. The van der Waals surface area contributed by atoms with E-state index in [9.17, 15) is 4.39 Å². The lowest BCUT2D eigenvalue weighted by Gasteiger charge is -2.31. The fraction of sp³-hybridized carbons (Fsp3) is 0.538. The highest BCUT2D eigenvalue weighted by Gasteiger charge is 2.25.